The third-order valence-electron chi connectivity index (χ3n) is 2.87. The molecule has 0 spiro atoms. The van der Waals surface area contributed by atoms with E-state index >= 15 is 0 Å². The molecule has 2 aromatic heterocycles. The van der Waals surface area contributed by atoms with Gasteiger partial charge in [0.2, 0.25) is 0 Å². The summed E-state index contributed by atoms with van der Waals surface area (Å²) in [5.41, 5.74) is -0.220. The van der Waals surface area contributed by atoms with Crippen LogP contribution in [0.1, 0.15) is 5.56 Å². The molecule has 0 aliphatic carbocycles. The van der Waals surface area contributed by atoms with Gasteiger partial charge in [-0.05, 0) is 17.7 Å². The van der Waals surface area contributed by atoms with E-state index in [0.29, 0.717) is 5.56 Å². The summed E-state index contributed by atoms with van der Waals surface area (Å²) in [4.78, 5) is 34.4. The molecule has 0 saturated carbocycles. The number of hydrogen-bond acceptors (Lipinski definition) is 4. The molecule has 0 aliphatic heterocycles. The van der Waals surface area contributed by atoms with Crippen molar-refractivity contribution in [1.82, 2.24) is 19.5 Å². The van der Waals surface area contributed by atoms with Crippen LogP contribution in [0.2, 0.25) is 0 Å². The van der Waals surface area contributed by atoms with Gasteiger partial charge in [-0.25, -0.2) is 19.2 Å². The molecular weight excluding hydrogens is 263 g/mol. The molecule has 3 rings (SSSR count). The minimum atomic E-state index is -0.577. The molecule has 1 N–H and O–H groups in total. The van der Waals surface area contributed by atoms with Crippen molar-refractivity contribution in [2.24, 2.45) is 0 Å². The second kappa shape index (κ2) is 4.69. The minimum absolute atomic E-state index is 0.0426. The van der Waals surface area contributed by atoms with E-state index in [4.69, 9.17) is 0 Å². The van der Waals surface area contributed by atoms with Crippen LogP contribution in [0.15, 0.2) is 46.2 Å². The van der Waals surface area contributed by atoms with Gasteiger partial charge in [0.25, 0.3) is 5.56 Å². The number of aromatic nitrogens is 4. The number of halogens is 1. The topological polar surface area (TPSA) is 80.6 Å². The monoisotopic (exact) mass is 272 g/mol. The molecule has 2 heterocycles. The Balaban J connectivity index is 2.14. The van der Waals surface area contributed by atoms with E-state index in [9.17, 15) is 14.0 Å². The highest BCUT2D eigenvalue weighted by Gasteiger charge is 2.09. The zero-order chi connectivity index (χ0) is 14.1. The Kier molecular flexibility index (Phi) is 2.86. The van der Waals surface area contributed by atoms with Crippen LogP contribution < -0.4 is 11.2 Å². The lowest BCUT2D eigenvalue weighted by Crippen LogP contribution is -2.36. The van der Waals surface area contributed by atoms with Crippen LogP contribution in [0.25, 0.3) is 11.2 Å². The van der Waals surface area contributed by atoms with Gasteiger partial charge in [-0.1, -0.05) is 12.1 Å². The molecule has 0 amide bonds. The predicted octanol–water partition coefficient (Wildman–Crippen LogP) is 0.667. The van der Waals surface area contributed by atoms with Crippen LogP contribution >= 0.6 is 0 Å². The third-order valence-corrected chi connectivity index (χ3v) is 2.87. The van der Waals surface area contributed by atoms with E-state index in [1.54, 1.807) is 0 Å². The van der Waals surface area contributed by atoms with Gasteiger partial charge in [-0.2, -0.15) is 0 Å². The van der Waals surface area contributed by atoms with Gasteiger partial charge in [0.1, 0.15) is 5.82 Å². The molecule has 7 heteroatoms. The first-order valence-corrected chi connectivity index (χ1v) is 5.83. The quantitative estimate of drug-likeness (QED) is 0.743. The van der Waals surface area contributed by atoms with Crippen LogP contribution in [0, 0.1) is 5.82 Å². The number of H-pyrrole nitrogens is 1. The normalized spacial score (nSPS) is 10.8. The lowest BCUT2D eigenvalue weighted by molar-refractivity contribution is 0.625. The molecule has 100 valence electrons. The lowest BCUT2D eigenvalue weighted by atomic mass is 10.2. The van der Waals surface area contributed by atoms with Crippen molar-refractivity contribution in [3.8, 4) is 0 Å². The molecule has 1 aromatic carbocycles. The number of rotatable bonds is 2. The molecule has 0 bridgehead atoms. The van der Waals surface area contributed by atoms with Crippen LogP contribution in [-0.4, -0.2) is 19.5 Å². The predicted molar refractivity (Wildman–Crippen MR) is 69.9 cm³/mol. The lowest BCUT2D eigenvalue weighted by Gasteiger charge is -2.05. The maximum Gasteiger partial charge on any atom is 0.330 e. The van der Waals surface area contributed by atoms with Gasteiger partial charge >= 0.3 is 5.69 Å². The maximum atomic E-state index is 12.8. The Morgan fingerprint density at radius 3 is 2.55 bits per heavy atom. The van der Waals surface area contributed by atoms with Crippen molar-refractivity contribution in [1.29, 1.82) is 0 Å². The fraction of sp³-hybridized carbons (Fsp3) is 0.0769. The van der Waals surface area contributed by atoms with Crippen LogP contribution in [0.5, 0.6) is 0 Å². The van der Waals surface area contributed by atoms with Crippen molar-refractivity contribution < 1.29 is 4.39 Å². The fourth-order valence-electron chi connectivity index (χ4n) is 1.89. The zero-order valence-electron chi connectivity index (χ0n) is 10.2. The number of hydrogen-bond donors (Lipinski definition) is 1. The summed E-state index contributed by atoms with van der Waals surface area (Å²) in [5.74, 6) is -0.376. The van der Waals surface area contributed by atoms with E-state index in [-0.39, 0.29) is 23.5 Å². The molecule has 0 atom stereocenters. The van der Waals surface area contributed by atoms with E-state index < -0.39 is 11.2 Å². The molecule has 0 saturated heterocycles. The van der Waals surface area contributed by atoms with E-state index in [1.165, 1.54) is 36.7 Å². The Morgan fingerprint density at radius 2 is 1.80 bits per heavy atom. The SMILES string of the molecule is O=c1[nH]c2nccnc2c(=O)n1Cc1ccc(F)cc1. The molecule has 0 aliphatic rings. The largest absolute Gasteiger partial charge is 0.330 e. The van der Waals surface area contributed by atoms with Crippen molar-refractivity contribution >= 4 is 11.2 Å². The van der Waals surface area contributed by atoms with Gasteiger partial charge < -0.3 is 0 Å². The Labute approximate surface area is 111 Å². The fourth-order valence-corrected chi connectivity index (χ4v) is 1.89. The molecule has 0 fully saturated rings. The number of aromatic amines is 1. The zero-order valence-corrected chi connectivity index (χ0v) is 10.2. The molecular formula is C13H9FN4O2. The molecule has 20 heavy (non-hydrogen) atoms. The summed E-state index contributed by atoms with van der Waals surface area (Å²) in [7, 11) is 0. The van der Waals surface area contributed by atoms with Gasteiger partial charge in [-0.15, -0.1) is 0 Å². The van der Waals surface area contributed by atoms with E-state index in [1.807, 2.05) is 0 Å². The minimum Gasteiger partial charge on any atom is -0.290 e. The van der Waals surface area contributed by atoms with E-state index in [2.05, 4.69) is 15.0 Å². The van der Waals surface area contributed by atoms with Gasteiger partial charge in [0.05, 0.1) is 6.54 Å². The summed E-state index contributed by atoms with van der Waals surface area (Å²) in [5, 5.41) is 0. The van der Waals surface area contributed by atoms with E-state index in [0.717, 1.165) is 4.57 Å². The standard InChI is InChI=1S/C13H9FN4O2/c14-9-3-1-8(2-4-9)7-18-12(19)10-11(17-13(18)20)16-6-5-15-10/h1-6H,7H2,(H,16,17,20). The first kappa shape index (κ1) is 12.2. The highest BCUT2D eigenvalue weighted by atomic mass is 19.1. The summed E-state index contributed by atoms with van der Waals surface area (Å²) < 4.78 is 13.8. The molecule has 3 aromatic rings. The highest BCUT2D eigenvalue weighted by Crippen LogP contribution is 2.03. The molecule has 0 unspecified atom stereocenters. The van der Waals surface area contributed by atoms with Crippen LogP contribution in [0.3, 0.4) is 0 Å². The summed E-state index contributed by atoms with van der Waals surface area (Å²) >= 11 is 0. The van der Waals surface area contributed by atoms with Crippen molar-refractivity contribution in [2.45, 2.75) is 6.54 Å². The van der Waals surface area contributed by atoms with Gasteiger partial charge in [0, 0.05) is 12.4 Å². The summed E-state index contributed by atoms with van der Waals surface area (Å²) in [6.45, 7) is 0.0426. The average Bonchev–Trinajstić information content (AvgIpc) is 2.45. The molecule has 0 radical (unpaired) electrons. The maximum absolute atomic E-state index is 12.8. The number of nitrogens with zero attached hydrogens (tertiary/aromatic N) is 3. The van der Waals surface area contributed by atoms with Crippen molar-refractivity contribution in [3.05, 3.63) is 68.9 Å². The highest BCUT2D eigenvalue weighted by molar-refractivity contribution is 5.66. The van der Waals surface area contributed by atoms with Gasteiger partial charge in [-0.3, -0.25) is 14.3 Å². The number of fused-ring (bicyclic) bond motifs is 1. The average molecular weight is 272 g/mol. The summed E-state index contributed by atoms with van der Waals surface area (Å²) in [6.07, 6.45) is 2.77. The number of benzene rings is 1. The first-order valence-electron chi connectivity index (χ1n) is 5.83. The smallest absolute Gasteiger partial charge is 0.290 e. The Bertz CT molecular complexity index is 883. The Morgan fingerprint density at radius 1 is 1.10 bits per heavy atom. The second-order valence-corrected chi connectivity index (χ2v) is 4.20. The van der Waals surface area contributed by atoms with Crippen molar-refractivity contribution in [3.63, 3.8) is 0 Å². The Hall–Kier alpha value is -2.83. The van der Waals surface area contributed by atoms with Gasteiger partial charge in [0.15, 0.2) is 11.2 Å². The van der Waals surface area contributed by atoms with Crippen LogP contribution in [-0.2, 0) is 6.54 Å². The van der Waals surface area contributed by atoms with Crippen LogP contribution in [0.4, 0.5) is 4.39 Å². The number of nitrogens with one attached hydrogen (secondary N) is 1. The van der Waals surface area contributed by atoms with Crippen molar-refractivity contribution in [2.75, 3.05) is 0 Å². The third kappa shape index (κ3) is 2.09. The second-order valence-electron chi connectivity index (χ2n) is 4.20. The first-order chi connectivity index (χ1) is 9.65. The molecule has 6 nitrogen and oxygen atoms in total. The summed E-state index contributed by atoms with van der Waals surface area (Å²) in [6, 6.07) is 5.58.